The Hall–Kier alpha value is -2.29. The number of nitrogens with zero attached hydrogens (tertiary/aromatic N) is 2. The van der Waals surface area contributed by atoms with E-state index >= 15 is 0 Å². The zero-order chi connectivity index (χ0) is 20.5. The van der Waals surface area contributed by atoms with Crippen LogP contribution in [0.25, 0.3) is 0 Å². The molecule has 0 saturated heterocycles. The SMILES string of the molecule is COc1ccc(CN=C(NCC(=O)N(C)C)NCc2ccc(C)cc2C)cc1.I. The first kappa shape index (κ1) is 24.7. The van der Waals surface area contributed by atoms with Gasteiger partial charge in [0, 0.05) is 20.6 Å². The number of rotatable bonds is 7. The molecule has 0 unspecified atom stereocenters. The second-order valence-corrected chi connectivity index (χ2v) is 6.94. The van der Waals surface area contributed by atoms with Crippen LogP contribution in [-0.4, -0.2) is 44.5 Å². The Labute approximate surface area is 190 Å². The van der Waals surface area contributed by atoms with Crippen LogP contribution >= 0.6 is 24.0 Å². The fraction of sp³-hybridized carbons (Fsp3) is 0.364. The van der Waals surface area contributed by atoms with Crippen molar-refractivity contribution in [2.45, 2.75) is 26.9 Å². The monoisotopic (exact) mass is 510 g/mol. The van der Waals surface area contributed by atoms with Crippen molar-refractivity contribution in [3.05, 3.63) is 64.7 Å². The predicted octanol–water partition coefficient (Wildman–Crippen LogP) is 3.25. The largest absolute Gasteiger partial charge is 0.497 e. The number of aryl methyl sites for hydroxylation is 2. The second-order valence-electron chi connectivity index (χ2n) is 6.94. The smallest absolute Gasteiger partial charge is 0.241 e. The summed E-state index contributed by atoms with van der Waals surface area (Å²) < 4.78 is 5.19. The molecular weight excluding hydrogens is 479 g/mol. The molecule has 29 heavy (non-hydrogen) atoms. The third-order valence-corrected chi connectivity index (χ3v) is 4.43. The number of benzene rings is 2. The van der Waals surface area contributed by atoms with Gasteiger partial charge in [-0.2, -0.15) is 0 Å². The average Bonchev–Trinajstić information content (AvgIpc) is 2.68. The van der Waals surface area contributed by atoms with Crippen LogP contribution in [-0.2, 0) is 17.9 Å². The maximum atomic E-state index is 11.9. The fourth-order valence-corrected chi connectivity index (χ4v) is 2.62. The highest BCUT2D eigenvalue weighted by molar-refractivity contribution is 14.0. The molecule has 0 aromatic heterocycles. The molecule has 1 amide bonds. The Kier molecular flexibility index (Phi) is 10.5. The van der Waals surface area contributed by atoms with E-state index in [9.17, 15) is 4.79 Å². The number of methoxy groups -OCH3 is 1. The summed E-state index contributed by atoms with van der Waals surface area (Å²) in [4.78, 5) is 18.1. The molecule has 6 nitrogen and oxygen atoms in total. The molecular formula is C22H31IN4O2. The van der Waals surface area contributed by atoms with E-state index in [2.05, 4.69) is 47.7 Å². The van der Waals surface area contributed by atoms with Gasteiger partial charge in [-0.3, -0.25) is 4.79 Å². The second kappa shape index (κ2) is 12.3. The van der Waals surface area contributed by atoms with Crippen LogP contribution in [0.5, 0.6) is 5.75 Å². The molecule has 158 valence electrons. The predicted molar refractivity (Wildman–Crippen MR) is 129 cm³/mol. The number of carbonyl (C=O) groups excluding carboxylic acids is 1. The topological polar surface area (TPSA) is 66.0 Å². The van der Waals surface area contributed by atoms with Gasteiger partial charge in [-0.1, -0.05) is 35.9 Å². The lowest BCUT2D eigenvalue weighted by Gasteiger charge is -2.16. The molecule has 0 saturated carbocycles. The Bertz CT molecular complexity index is 820. The van der Waals surface area contributed by atoms with E-state index in [1.54, 1.807) is 26.1 Å². The molecule has 7 heteroatoms. The van der Waals surface area contributed by atoms with Gasteiger partial charge in [0.05, 0.1) is 20.2 Å². The standard InChI is InChI=1S/C22H30N4O2.HI/c1-16-6-9-19(17(2)12-16)14-24-22(25-15-21(27)26(3)4)23-13-18-7-10-20(28-5)11-8-18;/h6-12H,13-15H2,1-5H3,(H2,23,24,25);1H. The van der Waals surface area contributed by atoms with E-state index < -0.39 is 0 Å². The average molecular weight is 510 g/mol. The van der Waals surface area contributed by atoms with Crippen molar-refractivity contribution in [3.8, 4) is 5.75 Å². The van der Waals surface area contributed by atoms with Crippen LogP contribution < -0.4 is 15.4 Å². The molecule has 2 N–H and O–H groups in total. The maximum Gasteiger partial charge on any atom is 0.241 e. The van der Waals surface area contributed by atoms with Crippen molar-refractivity contribution in [1.82, 2.24) is 15.5 Å². The Balaban J connectivity index is 0.00000420. The molecule has 0 bridgehead atoms. The first-order chi connectivity index (χ1) is 13.4. The van der Waals surface area contributed by atoms with Crippen LogP contribution in [0, 0.1) is 13.8 Å². The number of ether oxygens (including phenoxy) is 1. The van der Waals surface area contributed by atoms with Crippen molar-refractivity contribution in [2.75, 3.05) is 27.7 Å². The lowest BCUT2D eigenvalue weighted by molar-refractivity contribution is -0.127. The summed E-state index contributed by atoms with van der Waals surface area (Å²) in [6.45, 7) is 5.51. The summed E-state index contributed by atoms with van der Waals surface area (Å²) in [6, 6.07) is 14.2. The third-order valence-electron chi connectivity index (χ3n) is 4.43. The molecule has 0 spiro atoms. The summed E-state index contributed by atoms with van der Waals surface area (Å²) in [5.41, 5.74) is 4.73. The quantitative estimate of drug-likeness (QED) is 0.341. The molecule has 0 atom stereocenters. The maximum absolute atomic E-state index is 11.9. The minimum absolute atomic E-state index is 0. The molecule has 0 fully saturated rings. The molecule has 0 heterocycles. The molecule has 2 aromatic carbocycles. The minimum Gasteiger partial charge on any atom is -0.497 e. The van der Waals surface area contributed by atoms with Crippen LogP contribution in [0.15, 0.2) is 47.5 Å². The van der Waals surface area contributed by atoms with Crippen molar-refractivity contribution in [3.63, 3.8) is 0 Å². The number of guanidine groups is 1. The van der Waals surface area contributed by atoms with Gasteiger partial charge in [-0.05, 0) is 42.7 Å². The van der Waals surface area contributed by atoms with Gasteiger partial charge >= 0.3 is 0 Å². The van der Waals surface area contributed by atoms with Crippen LogP contribution in [0.4, 0.5) is 0 Å². The Morgan fingerprint density at radius 2 is 1.76 bits per heavy atom. The summed E-state index contributed by atoms with van der Waals surface area (Å²) in [7, 11) is 5.12. The van der Waals surface area contributed by atoms with Gasteiger partial charge in [-0.15, -0.1) is 24.0 Å². The number of hydrogen-bond acceptors (Lipinski definition) is 3. The zero-order valence-electron chi connectivity index (χ0n) is 17.8. The molecule has 2 aromatic rings. The highest BCUT2D eigenvalue weighted by Gasteiger charge is 2.07. The number of nitrogens with one attached hydrogen (secondary N) is 2. The Morgan fingerprint density at radius 1 is 1.07 bits per heavy atom. The van der Waals surface area contributed by atoms with Crippen LogP contribution in [0.2, 0.25) is 0 Å². The van der Waals surface area contributed by atoms with Crippen LogP contribution in [0.3, 0.4) is 0 Å². The third kappa shape index (κ3) is 8.31. The number of carbonyl (C=O) groups is 1. The molecule has 2 rings (SSSR count). The highest BCUT2D eigenvalue weighted by Crippen LogP contribution is 2.12. The molecule has 0 aliphatic carbocycles. The van der Waals surface area contributed by atoms with Crippen molar-refractivity contribution in [2.24, 2.45) is 4.99 Å². The normalized spacial score (nSPS) is 10.7. The van der Waals surface area contributed by atoms with Gasteiger partial charge in [0.25, 0.3) is 0 Å². The zero-order valence-corrected chi connectivity index (χ0v) is 20.1. The minimum atomic E-state index is -0.00883. The van der Waals surface area contributed by atoms with E-state index in [4.69, 9.17) is 4.74 Å². The number of hydrogen-bond donors (Lipinski definition) is 2. The first-order valence-electron chi connectivity index (χ1n) is 9.30. The summed E-state index contributed by atoms with van der Waals surface area (Å²) >= 11 is 0. The van der Waals surface area contributed by atoms with Gasteiger partial charge < -0.3 is 20.3 Å². The van der Waals surface area contributed by atoms with Crippen molar-refractivity contribution < 1.29 is 9.53 Å². The van der Waals surface area contributed by atoms with E-state index in [1.807, 2.05) is 24.3 Å². The summed E-state index contributed by atoms with van der Waals surface area (Å²) in [6.07, 6.45) is 0. The van der Waals surface area contributed by atoms with E-state index in [0.29, 0.717) is 19.0 Å². The fourth-order valence-electron chi connectivity index (χ4n) is 2.62. The van der Waals surface area contributed by atoms with Crippen LogP contribution in [0.1, 0.15) is 22.3 Å². The van der Waals surface area contributed by atoms with E-state index in [-0.39, 0.29) is 36.4 Å². The lowest BCUT2D eigenvalue weighted by atomic mass is 10.1. The van der Waals surface area contributed by atoms with Gasteiger partial charge in [0.2, 0.25) is 5.91 Å². The van der Waals surface area contributed by atoms with Gasteiger partial charge in [-0.25, -0.2) is 4.99 Å². The van der Waals surface area contributed by atoms with E-state index in [0.717, 1.165) is 11.3 Å². The summed E-state index contributed by atoms with van der Waals surface area (Å²) in [5.74, 6) is 1.41. The lowest BCUT2D eigenvalue weighted by Crippen LogP contribution is -2.42. The number of likely N-dealkylation sites (N-methyl/N-ethyl adjacent to an activating group) is 1. The Morgan fingerprint density at radius 3 is 2.34 bits per heavy atom. The number of halogens is 1. The molecule has 0 aliphatic heterocycles. The van der Waals surface area contributed by atoms with E-state index in [1.165, 1.54) is 16.7 Å². The number of aliphatic imine (C=N–C) groups is 1. The van der Waals surface area contributed by atoms with Crippen molar-refractivity contribution in [1.29, 1.82) is 0 Å². The first-order valence-corrected chi connectivity index (χ1v) is 9.30. The van der Waals surface area contributed by atoms with Gasteiger partial charge in [0.1, 0.15) is 5.75 Å². The summed E-state index contributed by atoms with van der Waals surface area (Å²) in [5, 5.41) is 6.44. The highest BCUT2D eigenvalue weighted by atomic mass is 127. The van der Waals surface area contributed by atoms with Crippen molar-refractivity contribution >= 4 is 35.8 Å². The molecule has 0 aliphatic rings. The molecule has 0 radical (unpaired) electrons. The number of amides is 1. The van der Waals surface area contributed by atoms with Gasteiger partial charge in [0.15, 0.2) is 5.96 Å².